The number of benzene rings is 1. The number of ether oxygens (including phenoxy) is 1. The molecule has 0 amide bonds. The highest BCUT2D eigenvalue weighted by atomic mass is 32.2. The van der Waals surface area contributed by atoms with Gasteiger partial charge < -0.3 is 15.4 Å². The third-order valence-electron chi connectivity index (χ3n) is 3.37. The summed E-state index contributed by atoms with van der Waals surface area (Å²) < 4.78 is 28.7. The fourth-order valence-electron chi connectivity index (χ4n) is 2.15. The van der Waals surface area contributed by atoms with E-state index in [-0.39, 0.29) is 11.0 Å². The highest BCUT2D eigenvalue weighted by Crippen LogP contribution is 2.27. The fourth-order valence-corrected chi connectivity index (χ4v) is 2.80. The lowest BCUT2D eigenvalue weighted by molar-refractivity contribution is 0.115. The van der Waals surface area contributed by atoms with Gasteiger partial charge in [0, 0.05) is 19.3 Å². The molecule has 0 bridgehead atoms. The Kier molecular flexibility index (Phi) is 4.01. The van der Waals surface area contributed by atoms with E-state index < -0.39 is 9.84 Å². The van der Waals surface area contributed by atoms with E-state index in [2.05, 4.69) is 11.9 Å². The Bertz CT molecular complexity index is 549. The van der Waals surface area contributed by atoms with Gasteiger partial charge in [-0.05, 0) is 38.1 Å². The predicted octanol–water partition coefficient (Wildman–Crippen LogP) is 1.15. The Morgan fingerprint density at radius 3 is 2.47 bits per heavy atom. The predicted molar refractivity (Wildman–Crippen MR) is 75.1 cm³/mol. The summed E-state index contributed by atoms with van der Waals surface area (Å²) in [5.74, 6) is 0.571. The van der Waals surface area contributed by atoms with Crippen molar-refractivity contribution in [1.82, 2.24) is 4.90 Å². The zero-order valence-electron chi connectivity index (χ0n) is 11.3. The van der Waals surface area contributed by atoms with Gasteiger partial charge in [0.1, 0.15) is 11.9 Å². The summed E-state index contributed by atoms with van der Waals surface area (Å²) in [6.07, 6.45) is 3.25. The molecule has 2 rings (SSSR count). The second kappa shape index (κ2) is 5.38. The lowest BCUT2D eigenvalue weighted by Gasteiger charge is -2.29. The molecule has 19 heavy (non-hydrogen) atoms. The Morgan fingerprint density at radius 2 is 1.95 bits per heavy atom. The molecule has 106 valence electrons. The third-order valence-corrected chi connectivity index (χ3v) is 4.48. The van der Waals surface area contributed by atoms with Crippen molar-refractivity contribution in [3.63, 3.8) is 0 Å². The molecule has 0 radical (unpaired) electrons. The van der Waals surface area contributed by atoms with Crippen LogP contribution in [0.5, 0.6) is 5.75 Å². The number of sulfone groups is 1. The van der Waals surface area contributed by atoms with Crippen LogP contribution < -0.4 is 10.5 Å². The molecule has 1 aromatic rings. The summed E-state index contributed by atoms with van der Waals surface area (Å²) in [4.78, 5) is 2.48. The Labute approximate surface area is 114 Å². The number of nitrogens with two attached hydrogens (primary N) is 1. The number of hydrogen-bond donors (Lipinski definition) is 1. The molecule has 1 aromatic carbocycles. The van der Waals surface area contributed by atoms with Crippen LogP contribution in [0.4, 0.5) is 5.69 Å². The zero-order valence-corrected chi connectivity index (χ0v) is 12.1. The Morgan fingerprint density at radius 1 is 1.32 bits per heavy atom. The molecule has 0 aliphatic carbocycles. The molecule has 1 aliphatic rings. The maximum Gasteiger partial charge on any atom is 0.175 e. The minimum Gasteiger partial charge on any atom is -0.488 e. The van der Waals surface area contributed by atoms with Crippen LogP contribution in [-0.4, -0.2) is 45.8 Å². The lowest BCUT2D eigenvalue weighted by atomic mass is 10.1. The summed E-state index contributed by atoms with van der Waals surface area (Å²) in [5, 5.41) is 0. The fraction of sp³-hybridized carbons (Fsp3) is 0.538. The molecular weight excluding hydrogens is 264 g/mol. The van der Waals surface area contributed by atoms with Gasteiger partial charge >= 0.3 is 0 Å². The summed E-state index contributed by atoms with van der Waals surface area (Å²) in [6.45, 7) is 2.01. The average molecular weight is 284 g/mol. The van der Waals surface area contributed by atoms with Crippen molar-refractivity contribution in [1.29, 1.82) is 0 Å². The molecule has 0 aromatic heterocycles. The van der Waals surface area contributed by atoms with Gasteiger partial charge in [-0.3, -0.25) is 0 Å². The van der Waals surface area contributed by atoms with E-state index >= 15 is 0 Å². The van der Waals surface area contributed by atoms with Crippen molar-refractivity contribution in [2.45, 2.75) is 23.8 Å². The quantitative estimate of drug-likeness (QED) is 0.843. The Balaban J connectivity index is 2.09. The molecule has 1 fully saturated rings. The van der Waals surface area contributed by atoms with Gasteiger partial charge in [-0.2, -0.15) is 0 Å². The first-order chi connectivity index (χ1) is 8.86. The molecule has 5 nitrogen and oxygen atoms in total. The highest BCUT2D eigenvalue weighted by molar-refractivity contribution is 7.90. The summed E-state index contributed by atoms with van der Waals surface area (Å²) in [6, 6.07) is 4.64. The number of hydrogen-bond acceptors (Lipinski definition) is 5. The van der Waals surface area contributed by atoms with Gasteiger partial charge in [-0.25, -0.2) is 8.42 Å². The van der Waals surface area contributed by atoms with Gasteiger partial charge in [0.2, 0.25) is 0 Å². The SMILES string of the molecule is CN1CCC(Oc2ccc(S(C)(=O)=O)cc2N)CC1. The molecular formula is C13H20N2O3S. The second-order valence-electron chi connectivity index (χ2n) is 5.09. The lowest BCUT2D eigenvalue weighted by Crippen LogP contribution is -2.35. The summed E-state index contributed by atoms with van der Waals surface area (Å²) in [7, 11) is -1.14. The maximum atomic E-state index is 11.4. The van der Waals surface area contributed by atoms with E-state index in [0.29, 0.717) is 11.4 Å². The van der Waals surface area contributed by atoms with Gasteiger partial charge in [0.25, 0.3) is 0 Å². The van der Waals surface area contributed by atoms with Crippen LogP contribution >= 0.6 is 0 Å². The first-order valence-corrected chi connectivity index (χ1v) is 8.20. The molecule has 0 saturated carbocycles. The van der Waals surface area contributed by atoms with Crippen LogP contribution in [0.1, 0.15) is 12.8 Å². The zero-order chi connectivity index (χ0) is 14.0. The normalized spacial score (nSPS) is 18.4. The van der Waals surface area contributed by atoms with Gasteiger partial charge in [-0.1, -0.05) is 0 Å². The van der Waals surface area contributed by atoms with Gasteiger partial charge in [-0.15, -0.1) is 0 Å². The van der Waals surface area contributed by atoms with Crippen LogP contribution in [0, 0.1) is 0 Å². The van der Waals surface area contributed by atoms with Gasteiger partial charge in [0.15, 0.2) is 9.84 Å². The van der Waals surface area contributed by atoms with Crippen molar-refractivity contribution in [3.8, 4) is 5.75 Å². The van der Waals surface area contributed by atoms with Crippen molar-refractivity contribution < 1.29 is 13.2 Å². The minimum absolute atomic E-state index is 0.155. The molecule has 0 unspecified atom stereocenters. The van der Waals surface area contributed by atoms with Crippen molar-refractivity contribution in [2.24, 2.45) is 0 Å². The van der Waals surface area contributed by atoms with E-state index in [4.69, 9.17) is 10.5 Å². The minimum atomic E-state index is -3.22. The van der Waals surface area contributed by atoms with E-state index in [0.717, 1.165) is 25.9 Å². The van der Waals surface area contributed by atoms with Crippen LogP contribution in [0.2, 0.25) is 0 Å². The standard InChI is InChI=1S/C13H20N2O3S/c1-15-7-5-10(6-8-15)18-13-4-3-11(9-12(13)14)19(2,16)17/h3-4,9-10H,5-8,14H2,1-2H3. The van der Waals surface area contributed by atoms with Crippen LogP contribution in [0.3, 0.4) is 0 Å². The number of anilines is 1. The van der Waals surface area contributed by atoms with E-state index in [1.54, 1.807) is 6.07 Å². The van der Waals surface area contributed by atoms with Gasteiger partial charge in [0.05, 0.1) is 10.6 Å². The largest absolute Gasteiger partial charge is 0.488 e. The van der Waals surface area contributed by atoms with Crippen molar-refractivity contribution >= 4 is 15.5 Å². The first-order valence-electron chi connectivity index (χ1n) is 6.31. The molecule has 0 atom stereocenters. The smallest absolute Gasteiger partial charge is 0.175 e. The molecule has 2 N–H and O–H groups in total. The van der Waals surface area contributed by atoms with Crippen molar-refractivity contribution in [3.05, 3.63) is 18.2 Å². The summed E-state index contributed by atoms with van der Waals surface area (Å²) >= 11 is 0. The first kappa shape index (κ1) is 14.1. The third kappa shape index (κ3) is 3.61. The number of nitrogens with zero attached hydrogens (tertiary/aromatic N) is 1. The van der Waals surface area contributed by atoms with E-state index in [9.17, 15) is 8.42 Å². The number of likely N-dealkylation sites (tertiary alicyclic amines) is 1. The summed E-state index contributed by atoms with van der Waals surface area (Å²) in [5.41, 5.74) is 6.24. The second-order valence-corrected chi connectivity index (χ2v) is 7.11. The van der Waals surface area contributed by atoms with Crippen LogP contribution in [0.25, 0.3) is 0 Å². The van der Waals surface area contributed by atoms with E-state index in [1.807, 2.05) is 0 Å². The van der Waals surface area contributed by atoms with E-state index in [1.165, 1.54) is 18.4 Å². The molecule has 6 heteroatoms. The topological polar surface area (TPSA) is 72.6 Å². The highest BCUT2D eigenvalue weighted by Gasteiger charge is 2.19. The molecule has 1 saturated heterocycles. The maximum absolute atomic E-state index is 11.4. The number of piperidine rings is 1. The monoisotopic (exact) mass is 284 g/mol. The van der Waals surface area contributed by atoms with Crippen molar-refractivity contribution in [2.75, 3.05) is 32.1 Å². The van der Waals surface area contributed by atoms with Crippen LogP contribution in [-0.2, 0) is 9.84 Å². The number of rotatable bonds is 3. The number of nitrogen functional groups attached to an aromatic ring is 1. The molecule has 1 heterocycles. The molecule has 1 aliphatic heterocycles. The Hall–Kier alpha value is -1.27. The van der Waals surface area contributed by atoms with Crippen LogP contribution in [0.15, 0.2) is 23.1 Å². The average Bonchev–Trinajstić information content (AvgIpc) is 2.33. The molecule has 0 spiro atoms.